The van der Waals surface area contributed by atoms with Crippen molar-refractivity contribution in [1.29, 1.82) is 0 Å². The van der Waals surface area contributed by atoms with Gasteiger partial charge < -0.3 is 19.7 Å². The van der Waals surface area contributed by atoms with Gasteiger partial charge in [-0.3, -0.25) is 9.59 Å². The van der Waals surface area contributed by atoms with Gasteiger partial charge in [-0.15, -0.1) is 0 Å². The van der Waals surface area contributed by atoms with E-state index in [1.807, 2.05) is 65.6 Å². The molecule has 0 saturated carbocycles. The summed E-state index contributed by atoms with van der Waals surface area (Å²) in [5.74, 6) is 1.31. The molecule has 0 aliphatic carbocycles. The molecule has 0 fully saturated rings. The number of nitrogens with zero attached hydrogens (tertiary/aromatic N) is 1. The molecule has 42 heavy (non-hydrogen) atoms. The first-order chi connectivity index (χ1) is 20.4. The van der Waals surface area contributed by atoms with E-state index in [9.17, 15) is 9.59 Å². The SMILES string of the molecule is COc1ccc(OC)c(CCNC(=O)c2ccc(/C=C3\Sc4ccccc4N(Cc4cc(C)ccc4C)C3=O)cc2)c1. The summed E-state index contributed by atoms with van der Waals surface area (Å²) in [5, 5.41) is 2.98. The summed E-state index contributed by atoms with van der Waals surface area (Å²) in [5.41, 5.74) is 6.75. The van der Waals surface area contributed by atoms with Crippen molar-refractivity contribution >= 4 is 35.3 Å². The average molecular weight is 579 g/mol. The number of methoxy groups -OCH3 is 2. The monoisotopic (exact) mass is 578 g/mol. The van der Waals surface area contributed by atoms with Gasteiger partial charge in [-0.25, -0.2) is 0 Å². The third-order valence-electron chi connectivity index (χ3n) is 7.30. The van der Waals surface area contributed by atoms with Crippen LogP contribution in [0.2, 0.25) is 0 Å². The third kappa shape index (κ3) is 6.52. The van der Waals surface area contributed by atoms with Crippen molar-refractivity contribution in [3.05, 3.63) is 123 Å². The van der Waals surface area contributed by atoms with Crippen LogP contribution in [-0.4, -0.2) is 32.6 Å². The lowest BCUT2D eigenvalue weighted by atomic mass is 10.0. The topological polar surface area (TPSA) is 67.9 Å². The average Bonchev–Trinajstić information content (AvgIpc) is 3.01. The second-order valence-electron chi connectivity index (χ2n) is 10.2. The Morgan fingerprint density at radius 3 is 2.45 bits per heavy atom. The zero-order valence-corrected chi connectivity index (χ0v) is 25.1. The number of carbonyl (C=O) groups is 2. The van der Waals surface area contributed by atoms with Crippen molar-refractivity contribution in [2.45, 2.75) is 31.7 Å². The van der Waals surface area contributed by atoms with Gasteiger partial charge in [-0.1, -0.05) is 59.8 Å². The minimum atomic E-state index is -0.159. The summed E-state index contributed by atoms with van der Waals surface area (Å²) in [4.78, 5) is 30.1. The van der Waals surface area contributed by atoms with Crippen molar-refractivity contribution in [1.82, 2.24) is 5.32 Å². The van der Waals surface area contributed by atoms with E-state index in [2.05, 4.69) is 37.4 Å². The Morgan fingerprint density at radius 2 is 1.69 bits per heavy atom. The molecule has 214 valence electrons. The molecule has 6 nitrogen and oxygen atoms in total. The predicted molar refractivity (Wildman–Crippen MR) is 169 cm³/mol. The van der Waals surface area contributed by atoms with Crippen molar-refractivity contribution in [2.75, 3.05) is 25.7 Å². The molecule has 5 rings (SSSR count). The number of amides is 2. The highest BCUT2D eigenvalue weighted by Crippen LogP contribution is 2.42. The highest BCUT2D eigenvalue weighted by Gasteiger charge is 2.29. The van der Waals surface area contributed by atoms with Crippen LogP contribution in [0.4, 0.5) is 5.69 Å². The van der Waals surface area contributed by atoms with E-state index < -0.39 is 0 Å². The molecule has 4 aromatic rings. The number of benzene rings is 4. The van der Waals surface area contributed by atoms with Gasteiger partial charge in [-0.2, -0.15) is 0 Å². The van der Waals surface area contributed by atoms with Crippen LogP contribution in [0.15, 0.2) is 94.7 Å². The van der Waals surface area contributed by atoms with Crippen molar-refractivity contribution in [2.24, 2.45) is 0 Å². The molecular weight excluding hydrogens is 544 g/mol. The first-order valence-electron chi connectivity index (χ1n) is 13.8. The summed E-state index contributed by atoms with van der Waals surface area (Å²) in [6.07, 6.45) is 2.51. The van der Waals surface area contributed by atoms with Gasteiger partial charge in [0.25, 0.3) is 11.8 Å². The van der Waals surface area contributed by atoms with E-state index in [1.54, 1.807) is 26.4 Å². The fourth-order valence-corrected chi connectivity index (χ4v) is 5.99. The van der Waals surface area contributed by atoms with Gasteiger partial charge in [0.05, 0.1) is 31.4 Å². The zero-order chi connectivity index (χ0) is 29.6. The van der Waals surface area contributed by atoms with E-state index in [1.165, 1.54) is 17.3 Å². The van der Waals surface area contributed by atoms with E-state index in [0.717, 1.165) is 44.3 Å². The molecular formula is C35H34N2O4S. The Balaban J connectivity index is 1.29. The lowest BCUT2D eigenvalue weighted by molar-refractivity contribution is -0.114. The molecule has 0 saturated heterocycles. The molecule has 0 radical (unpaired) electrons. The standard InChI is InChI=1S/C35H34N2O4S/c1-23-9-10-24(2)28(19-23)22-37-30-7-5-6-8-32(30)42-33(35(37)39)20-25-11-13-26(14-12-25)34(38)36-18-17-27-21-29(40-3)15-16-31(27)41-4/h5-16,19-21H,17-18,22H2,1-4H3,(H,36,38)/b33-20-. The second-order valence-corrected chi connectivity index (χ2v) is 11.3. The van der Waals surface area contributed by atoms with Gasteiger partial charge >= 0.3 is 0 Å². The Kier molecular flexibility index (Phi) is 8.98. The molecule has 1 N–H and O–H groups in total. The second kappa shape index (κ2) is 13.0. The van der Waals surface area contributed by atoms with Crippen molar-refractivity contribution < 1.29 is 19.1 Å². The number of aryl methyl sites for hydroxylation is 2. The Labute approximate surface area is 251 Å². The van der Waals surface area contributed by atoms with E-state index in [0.29, 0.717) is 30.0 Å². The van der Waals surface area contributed by atoms with Crippen LogP contribution in [0, 0.1) is 13.8 Å². The minimum Gasteiger partial charge on any atom is -0.497 e. The number of anilines is 1. The van der Waals surface area contributed by atoms with Crippen LogP contribution >= 0.6 is 11.8 Å². The Morgan fingerprint density at radius 1 is 0.905 bits per heavy atom. The van der Waals surface area contributed by atoms with Gasteiger partial charge in [0.2, 0.25) is 0 Å². The quantitative estimate of drug-likeness (QED) is 0.217. The lowest BCUT2D eigenvalue weighted by Crippen LogP contribution is -2.34. The van der Waals surface area contributed by atoms with Gasteiger partial charge in [0, 0.05) is 17.0 Å². The summed E-state index contributed by atoms with van der Waals surface area (Å²) in [6, 6.07) is 27.3. The molecule has 0 aromatic heterocycles. The molecule has 1 aliphatic heterocycles. The van der Waals surface area contributed by atoms with Crippen LogP contribution in [0.1, 0.15) is 38.2 Å². The smallest absolute Gasteiger partial charge is 0.265 e. The highest BCUT2D eigenvalue weighted by atomic mass is 32.2. The molecule has 7 heteroatoms. The maximum Gasteiger partial charge on any atom is 0.265 e. The number of ether oxygens (including phenoxy) is 2. The first-order valence-corrected chi connectivity index (χ1v) is 14.6. The van der Waals surface area contributed by atoms with Crippen LogP contribution in [0.25, 0.3) is 6.08 Å². The maximum absolute atomic E-state index is 13.7. The van der Waals surface area contributed by atoms with E-state index in [-0.39, 0.29) is 11.8 Å². The molecule has 0 unspecified atom stereocenters. The number of para-hydroxylation sites is 1. The molecule has 0 atom stereocenters. The summed E-state index contributed by atoms with van der Waals surface area (Å²) in [7, 11) is 3.25. The predicted octanol–water partition coefficient (Wildman–Crippen LogP) is 6.97. The fraction of sp³-hybridized carbons (Fsp3) is 0.200. The number of hydrogen-bond donors (Lipinski definition) is 1. The van der Waals surface area contributed by atoms with Gasteiger partial charge in [0.1, 0.15) is 11.5 Å². The maximum atomic E-state index is 13.7. The van der Waals surface area contributed by atoms with Crippen LogP contribution in [-0.2, 0) is 17.8 Å². The normalized spacial score (nSPS) is 13.6. The number of thioether (sulfide) groups is 1. The molecule has 1 heterocycles. The van der Waals surface area contributed by atoms with Gasteiger partial charge in [-0.05, 0) is 91.1 Å². The summed E-state index contributed by atoms with van der Waals surface area (Å²) < 4.78 is 10.7. The molecule has 1 aliphatic rings. The van der Waals surface area contributed by atoms with Crippen LogP contribution in [0.5, 0.6) is 11.5 Å². The first kappa shape index (κ1) is 29.0. The lowest BCUT2D eigenvalue weighted by Gasteiger charge is -2.31. The number of carbonyl (C=O) groups excluding carboxylic acids is 2. The Hall–Kier alpha value is -4.49. The zero-order valence-electron chi connectivity index (χ0n) is 24.3. The van der Waals surface area contributed by atoms with Crippen molar-refractivity contribution in [3.8, 4) is 11.5 Å². The van der Waals surface area contributed by atoms with Crippen molar-refractivity contribution in [3.63, 3.8) is 0 Å². The number of rotatable bonds is 9. The largest absolute Gasteiger partial charge is 0.497 e. The minimum absolute atomic E-state index is 0.0330. The van der Waals surface area contributed by atoms with Crippen LogP contribution < -0.4 is 19.7 Å². The number of fused-ring (bicyclic) bond motifs is 1. The summed E-state index contributed by atoms with van der Waals surface area (Å²) >= 11 is 1.48. The molecule has 2 amide bonds. The number of nitrogens with one attached hydrogen (secondary N) is 1. The molecule has 0 bridgehead atoms. The third-order valence-corrected chi connectivity index (χ3v) is 8.38. The molecule has 0 spiro atoms. The van der Waals surface area contributed by atoms with Crippen LogP contribution in [0.3, 0.4) is 0 Å². The molecule has 4 aromatic carbocycles. The fourth-order valence-electron chi connectivity index (χ4n) is 4.93. The Bertz CT molecular complexity index is 1650. The van der Waals surface area contributed by atoms with E-state index >= 15 is 0 Å². The highest BCUT2D eigenvalue weighted by molar-refractivity contribution is 8.04. The van der Waals surface area contributed by atoms with Gasteiger partial charge in [0.15, 0.2) is 0 Å². The summed E-state index contributed by atoms with van der Waals surface area (Å²) in [6.45, 7) is 5.10. The number of hydrogen-bond acceptors (Lipinski definition) is 5. The van der Waals surface area contributed by atoms with E-state index in [4.69, 9.17) is 9.47 Å².